The topological polar surface area (TPSA) is 67.2 Å². The number of hydrogen-bond donors (Lipinski definition) is 2. The predicted molar refractivity (Wildman–Crippen MR) is 74.8 cm³/mol. The highest BCUT2D eigenvalue weighted by Gasteiger charge is 2.15. The summed E-state index contributed by atoms with van der Waals surface area (Å²) in [4.78, 5) is 16.2. The van der Waals surface area contributed by atoms with Gasteiger partial charge in [0.25, 0.3) is 0 Å². The van der Waals surface area contributed by atoms with Crippen LogP contribution in [0.25, 0.3) is 0 Å². The van der Waals surface area contributed by atoms with Crippen LogP contribution in [0.2, 0.25) is 0 Å². The lowest BCUT2D eigenvalue weighted by Gasteiger charge is -2.17. The Bertz CT molecular complexity index is 395. The number of hydrogen-bond acceptors (Lipinski definition) is 4. The van der Waals surface area contributed by atoms with Crippen molar-refractivity contribution >= 4 is 5.91 Å². The second-order valence-electron chi connectivity index (χ2n) is 5.05. The van der Waals surface area contributed by atoms with Crippen LogP contribution in [-0.2, 0) is 11.3 Å². The Morgan fingerprint density at radius 1 is 1.37 bits per heavy atom. The fourth-order valence-electron chi connectivity index (χ4n) is 1.82. The van der Waals surface area contributed by atoms with Gasteiger partial charge in [0, 0.05) is 6.04 Å². The van der Waals surface area contributed by atoms with Gasteiger partial charge in [-0.25, -0.2) is 4.98 Å². The number of aromatic nitrogens is 1. The number of nitrogens with one attached hydrogen (secondary N) is 2. The lowest BCUT2D eigenvalue weighted by molar-refractivity contribution is -0.123. The highest BCUT2D eigenvalue weighted by molar-refractivity contribution is 5.81. The van der Waals surface area contributed by atoms with E-state index in [2.05, 4.69) is 22.5 Å². The summed E-state index contributed by atoms with van der Waals surface area (Å²) in [6.07, 6.45) is 2.06. The van der Waals surface area contributed by atoms with Gasteiger partial charge in [-0.15, -0.1) is 0 Å². The molecule has 19 heavy (non-hydrogen) atoms. The molecule has 0 aromatic carbocycles. The van der Waals surface area contributed by atoms with Gasteiger partial charge in [0.15, 0.2) is 0 Å². The highest BCUT2D eigenvalue weighted by atomic mass is 16.4. The third-order valence-corrected chi connectivity index (χ3v) is 3.14. The molecule has 1 aromatic rings. The molecule has 0 saturated carbocycles. The average Bonchev–Trinajstić information content (AvgIpc) is 2.66. The van der Waals surface area contributed by atoms with Gasteiger partial charge in [-0.2, -0.15) is 0 Å². The van der Waals surface area contributed by atoms with Crippen molar-refractivity contribution in [2.75, 3.05) is 0 Å². The van der Waals surface area contributed by atoms with Crippen molar-refractivity contribution in [3.05, 3.63) is 17.3 Å². The van der Waals surface area contributed by atoms with E-state index in [9.17, 15) is 4.79 Å². The summed E-state index contributed by atoms with van der Waals surface area (Å²) in [5.41, 5.74) is 0.894. The van der Waals surface area contributed by atoms with E-state index in [-0.39, 0.29) is 18.0 Å². The minimum absolute atomic E-state index is 0.0148. The number of nitrogens with zero attached hydrogens (tertiary/aromatic N) is 1. The van der Waals surface area contributed by atoms with Crippen LogP contribution < -0.4 is 10.6 Å². The fraction of sp³-hybridized carbons (Fsp3) is 0.714. The zero-order valence-electron chi connectivity index (χ0n) is 12.5. The normalized spacial score (nSPS) is 14.2. The van der Waals surface area contributed by atoms with E-state index in [1.54, 1.807) is 0 Å². The van der Waals surface area contributed by atoms with Gasteiger partial charge in [0.2, 0.25) is 11.8 Å². The van der Waals surface area contributed by atoms with Gasteiger partial charge in [0.05, 0.1) is 18.3 Å². The molecule has 0 radical (unpaired) electrons. The van der Waals surface area contributed by atoms with Gasteiger partial charge in [-0.3, -0.25) is 10.1 Å². The van der Waals surface area contributed by atoms with E-state index >= 15 is 0 Å². The molecule has 108 valence electrons. The first kappa shape index (κ1) is 15.7. The maximum Gasteiger partial charge on any atom is 0.237 e. The summed E-state index contributed by atoms with van der Waals surface area (Å²) < 4.78 is 5.46. The molecule has 0 aliphatic carbocycles. The van der Waals surface area contributed by atoms with E-state index in [0.29, 0.717) is 12.4 Å². The van der Waals surface area contributed by atoms with Crippen LogP contribution in [0.3, 0.4) is 0 Å². The van der Waals surface area contributed by atoms with Crippen LogP contribution >= 0.6 is 0 Å². The lowest BCUT2D eigenvalue weighted by atomic mass is 10.2. The monoisotopic (exact) mass is 267 g/mol. The molecule has 0 spiro atoms. The first-order valence-corrected chi connectivity index (χ1v) is 6.90. The molecule has 0 bridgehead atoms. The Balaban J connectivity index is 2.38. The second-order valence-corrected chi connectivity index (χ2v) is 5.05. The largest absolute Gasteiger partial charge is 0.444 e. The molecule has 0 saturated heterocycles. The summed E-state index contributed by atoms with van der Waals surface area (Å²) in [6, 6.07) is -0.0419. The van der Waals surface area contributed by atoms with E-state index < -0.39 is 0 Å². The minimum Gasteiger partial charge on any atom is -0.444 e. The molecule has 0 aliphatic rings. The molecule has 0 fully saturated rings. The van der Waals surface area contributed by atoms with Crippen molar-refractivity contribution in [1.29, 1.82) is 0 Å². The highest BCUT2D eigenvalue weighted by Crippen LogP contribution is 2.07. The summed E-state index contributed by atoms with van der Waals surface area (Å²) in [7, 11) is 0. The molecule has 2 atom stereocenters. The van der Waals surface area contributed by atoms with Crippen LogP contribution in [0, 0.1) is 13.8 Å². The summed E-state index contributed by atoms with van der Waals surface area (Å²) in [5, 5.41) is 6.10. The van der Waals surface area contributed by atoms with Crippen LogP contribution in [0.4, 0.5) is 0 Å². The Kier molecular flexibility index (Phi) is 6.02. The molecular formula is C14H25N3O2. The number of aryl methyl sites for hydroxylation is 2. The zero-order valence-corrected chi connectivity index (χ0v) is 12.5. The average molecular weight is 267 g/mol. The lowest BCUT2D eigenvalue weighted by Crippen LogP contribution is -2.45. The first-order chi connectivity index (χ1) is 8.93. The molecule has 5 heteroatoms. The van der Waals surface area contributed by atoms with Gasteiger partial charge in [-0.05, 0) is 34.1 Å². The predicted octanol–water partition coefficient (Wildman–Crippen LogP) is 2.07. The molecule has 1 amide bonds. The summed E-state index contributed by atoms with van der Waals surface area (Å²) in [5.74, 6) is 1.46. The van der Waals surface area contributed by atoms with E-state index in [1.165, 1.54) is 0 Å². The Morgan fingerprint density at radius 3 is 2.58 bits per heavy atom. The zero-order chi connectivity index (χ0) is 14.4. The third-order valence-electron chi connectivity index (χ3n) is 3.14. The minimum atomic E-state index is -0.258. The Labute approximate surface area is 115 Å². The summed E-state index contributed by atoms with van der Waals surface area (Å²) in [6.45, 7) is 10.2. The van der Waals surface area contributed by atoms with Crippen LogP contribution in [0.1, 0.15) is 51.0 Å². The standard InChI is InChI=1S/C14H25N3O2/c1-6-7-9(2)16-14(18)11(4)15-8-13-17-10(3)12(5)19-13/h9,11,15H,6-8H2,1-5H3,(H,16,18). The summed E-state index contributed by atoms with van der Waals surface area (Å²) >= 11 is 0. The van der Waals surface area contributed by atoms with Crippen molar-refractivity contribution in [1.82, 2.24) is 15.6 Å². The molecule has 2 N–H and O–H groups in total. The van der Waals surface area contributed by atoms with Crippen LogP contribution in [0.5, 0.6) is 0 Å². The molecule has 1 rings (SSSR count). The third kappa shape index (κ3) is 5.03. The fourth-order valence-corrected chi connectivity index (χ4v) is 1.82. The quantitative estimate of drug-likeness (QED) is 0.793. The molecule has 1 heterocycles. The second kappa shape index (κ2) is 7.28. The molecule has 5 nitrogen and oxygen atoms in total. The Hall–Kier alpha value is -1.36. The van der Waals surface area contributed by atoms with Crippen LogP contribution in [0.15, 0.2) is 4.42 Å². The van der Waals surface area contributed by atoms with Crippen molar-refractivity contribution in [2.24, 2.45) is 0 Å². The number of rotatable bonds is 7. The number of carbonyl (C=O) groups excluding carboxylic acids is 1. The van der Waals surface area contributed by atoms with Crippen molar-refractivity contribution in [3.8, 4) is 0 Å². The number of amides is 1. The van der Waals surface area contributed by atoms with Crippen molar-refractivity contribution in [2.45, 2.75) is 66.1 Å². The van der Waals surface area contributed by atoms with Gasteiger partial charge in [-0.1, -0.05) is 13.3 Å². The van der Waals surface area contributed by atoms with Crippen molar-refractivity contribution < 1.29 is 9.21 Å². The molecule has 2 unspecified atom stereocenters. The maximum atomic E-state index is 11.9. The first-order valence-electron chi connectivity index (χ1n) is 6.90. The smallest absolute Gasteiger partial charge is 0.237 e. The van der Waals surface area contributed by atoms with Crippen LogP contribution in [-0.4, -0.2) is 23.0 Å². The maximum absolute atomic E-state index is 11.9. The van der Waals surface area contributed by atoms with Gasteiger partial charge >= 0.3 is 0 Å². The van der Waals surface area contributed by atoms with E-state index in [0.717, 1.165) is 24.3 Å². The van der Waals surface area contributed by atoms with Crippen molar-refractivity contribution in [3.63, 3.8) is 0 Å². The molecular weight excluding hydrogens is 242 g/mol. The van der Waals surface area contributed by atoms with E-state index in [1.807, 2.05) is 27.7 Å². The van der Waals surface area contributed by atoms with E-state index in [4.69, 9.17) is 4.42 Å². The number of carbonyl (C=O) groups is 1. The van der Waals surface area contributed by atoms with Gasteiger partial charge in [0.1, 0.15) is 5.76 Å². The van der Waals surface area contributed by atoms with Gasteiger partial charge < -0.3 is 9.73 Å². The molecule has 1 aromatic heterocycles. The Morgan fingerprint density at radius 2 is 2.05 bits per heavy atom. The number of oxazole rings is 1. The molecule has 0 aliphatic heterocycles. The SMILES string of the molecule is CCCC(C)NC(=O)C(C)NCc1nc(C)c(C)o1.